The monoisotopic (exact) mass is 266 g/mol. The first kappa shape index (κ1) is 12.9. The van der Waals surface area contributed by atoms with Crippen molar-refractivity contribution in [1.82, 2.24) is 9.80 Å². The highest BCUT2D eigenvalue weighted by Gasteiger charge is 2.42. The molecule has 106 valence electrons. The molecule has 2 heterocycles. The number of hydrogen-bond donors (Lipinski definition) is 0. The van der Waals surface area contributed by atoms with Crippen LogP contribution in [0, 0.1) is 5.92 Å². The van der Waals surface area contributed by atoms with Crippen LogP contribution in [-0.2, 0) is 14.3 Å². The van der Waals surface area contributed by atoms with Gasteiger partial charge in [0, 0.05) is 12.6 Å². The van der Waals surface area contributed by atoms with Gasteiger partial charge in [0.25, 0.3) is 0 Å². The Labute approximate surface area is 113 Å². The van der Waals surface area contributed by atoms with Gasteiger partial charge in [0.2, 0.25) is 11.8 Å². The van der Waals surface area contributed by atoms with E-state index in [-0.39, 0.29) is 30.4 Å². The third kappa shape index (κ3) is 2.48. The van der Waals surface area contributed by atoms with E-state index >= 15 is 0 Å². The first-order valence-electron chi connectivity index (χ1n) is 7.40. The molecular formula is C14H22N2O3. The van der Waals surface area contributed by atoms with Gasteiger partial charge >= 0.3 is 0 Å². The molecule has 3 rings (SSSR count). The van der Waals surface area contributed by atoms with Gasteiger partial charge in [-0.25, -0.2) is 0 Å². The second kappa shape index (κ2) is 5.12. The van der Waals surface area contributed by atoms with Gasteiger partial charge in [-0.3, -0.25) is 9.59 Å². The van der Waals surface area contributed by atoms with Crippen LogP contribution in [0.4, 0.5) is 0 Å². The molecular weight excluding hydrogens is 244 g/mol. The Morgan fingerprint density at radius 1 is 1.37 bits per heavy atom. The summed E-state index contributed by atoms with van der Waals surface area (Å²) in [7, 11) is 0. The van der Waals surface area contributed by atoms with Crippen molar-refractivity contribution in [3.05, 3.63) is 0 Å². The van der Waals surface area contributed by atoms with Gasteiger partial charge in [-0.1, -0.05) is 6.92 Å². The van der Waals surface area contributed by atoms with Crippen molar-refractivity contribution in [3.63, 3.8) is 0 Å². The van der Waals surface area contributed by atoms with Crippen LogP contribution in [-0.4, -0.2) is 53.6 Å². The summed E-state index contributed by atoms with van der Waals surface area (Å²) >= 11 is 0. The Balaban J connectivity index is 1.64. The fourth-order valence-corrected chi connectivity index (χ4v) is 3.18. The van der Waals surface area contributed by atoms with E-state index in [1.165, 1.54) is 0 Å². The van der Waals surface area contributed by atoms with E-state index in [2.05, 4.69) is 6.92 Å². The molecule has 2 saturated heterocycles. The molecule has 0 aromatic carbocycles. The van der Waals surface area contributed by atoms with Gasteiger partial charge in [-0.05, 0) is 32.1 Å². The van der Waals surface area contributed by atoms with Crippen LogP contribution < -0.4 is 0 Å². The topological polar surface area (TPSA) is 49.9 Å². The Bertz CT molecular complexity index is 381. The largest absolute Gasteiger partial charge is 0.377 e. The molecule has 3 aliphatic rings. The summed E-state index contributed by atoms with van der Waals surface area (Å²) < 4.78 is 5.69. The maximum atomic E-state index is 12.6. The highest BCUT2D eigenvalue weighted by molar-refractivity contribution is 5.89. The molecule has 2 unspecified atom stereocenters. The van der Waals surface area contributed by atoms with Crippen LogP contribution in [0.1, 0.15) is 39.0 Å². The molecule has 0 spiro atoms. The minimum atomic E-state index is -0.0503. The lowest BCUT2D eigenvalue weighted by Crippen LogP contribution is -2.43. The SMILES string of the molecule is CCC1OCCCC1C(=O)N1CC(=O)N(C2CC2)C1. The molecule has 1 saturated carbocycles. The zero-order chi connectivity index (χ0) is 13.4. The first-order chi connectivity index (χ1) is 9.20. The van der Waals surface area contributed by atoms with Gasteiger partial charge in [-0.2, -0.15) is 0 Å². The molecule has 0 N–H and O–H groups in total. The summed E-state index contributed by atoms with van der Waals surface area (Å²) in [5.74, 6) is 0.175. The second-order valence-corrected chi connectivity index (χ2v) is 5.84. The van der Waals surface area contributed by atoms with Crippen molar-refractivity contribution in [2.45, 2.75) is 51.2 Å². The van der Waals surface area contributed by atoms with Crippen molar-refractivity contribution >= 4 is 11.8 Å². The maximum Gasteiger partial charge on any atom is 0.243 e. The predicted molar refractivity (Wildman–Crippen MR) is 69.2 cm³/mol. The fourth-order valence-electron chi connectivity index (χ4n) is 3.18. The molecule has 5 heteroatoms. The molecule has 0 aromatic rings. The fraction of sp³-hybridized carbons (Fsp3) is 0.857. The zero-order valence-corrected chi connectivity index (χ0v) is 11.5. The lowest BCUT2D eigenvalue weighted by Gasteiger charge is -2.32. The number of carbonyl (C=O) groups excluding carboxylic acids is 2. The summed E-state index contributed by atoms with van der Waals surface area (Å²) in [6.45, 7) is 3.58. The van der Waals surface area contributed by atoms with E-state index in [4.69, 9.17) is 4.74 Å². The highest BCUT2D eigenvalue weighted by atomic mass is 16.5. The van der Waals surface area contributed by atoms with Gasteiger partial charge in [0.1, 0.15) is 6.54 Å². The van der Waals surface area contributed by atoms with E-state index in [1.54, 1.807) is 4.90 Å². The molecule has 2 amide bonds. The van der Waals surface area contributed by atoms with Gasteiger partial charge in [-0.15, -0.1) is 0 Å². The van der Waals surface area contributed by atoms with Crippen LogP contribution >= 0.6 is 0 Å². The average Bonchev–Trinajstić information content (AvgIpc) is 3.21. The molecule has 0 aromatic heterocycles. The third-order valence-corrected chi connectivity index (χ3v) is 4.43. The van der Waals surface area contributed by atoms with Gasteiger partial charge in [0.05, 0.1) is 18.7 Å². The Morgan fingerprint density at radius 3 is 2.84 bits per heavy atom. The van der Waals surface area contributed by atoms with Crippen LogP contribution in [0.3, 0.4) is 0 Å². The van der Waals surface area contributed by atoms with E-state index in [0.717, 1.165) is 38.7 Å². The Kier molecular flexibility index (Phi) is 3.48. The molecule has 3 fully saturated rings. The summed E-state index contributed by atoms with van der Waals surface area (Å²) in [6, 6.07) is 0.398. The van der Waals surface area contributed by atoms with E-state index in [1.807, 2.05) is 4.90 Å². The van der Waals surface area contributed by atoms with Gasteiger partial charge in [0.15, 0.2) is 0 Å². The van der Waals surface area contributed by atoms with Gasteiger partial charge < -0.3 is 14.5 Å². The number of carbonyl (C=O) groups is 2. The molecule has 2 atom stereocenters. The number of nitrogens with zero attached hydrogens (tertiary/aromatic N) is 2. The van der Waals surface area contributed by atoms with E-state index < -0.39 is 0 Å². The van der Waals surface area contributed by atoms with Crippen molar-refractivity contribution in [3.8, 4) is 0 Å². The minimum absolute atomic E-state index is 0.0336. The number of rotatable bonds is 3. The predicted octanol–water partition coefficient (Wildman–Crippen LogP) is 0.982. The first-order valence-corrected chi connectivity index (χ1v) is 7.40. The van der Waals surface area contributed by atoms with Crippen molar-refractivity contribution in [2.24, 2.45) is 5.92 Å². The smallest absolute Gasteiger partial charge is 0.243 e. The number of ether oxygens (including phenoxy) is 1. The summed E-state index contributed by atoms with van der Waals surface area (Å²) in [5.41, 5.74) is 0. The molecule has 1 aliphatic carbocycles. The molecule has 2 aliphatic heterocycles. The molecule has 19 heavy (non-hydrogen) atoms. The third-order valence-electron chi connectivity index (χ3n) is 4.43. The van der Waals surface area contributed by atoms with E-state index in [9.17, 15) is 9.59 Å². The number of amides is 2. The Hall–Kier alpha value is -1.10. The average molecular weight is 266 g/mol. The summed E-state index contributed by atoms with van der Waals surface area (Å²) in [4.78, 5) is 28.1. The second-order valence-electron chi connectivity index (χ2n) is 5.84. The van der Waals surface area contributed by atoms with Crippen molar-refractivity contribution < 1.29 is 14.3 Å². The minimum Gasteiger partial charge on any atom is -0.377 e. The Morgan fingerprint density at radius 2 is 2.16 bits per heavy atom. The maximum absolute atomic E-state index is 12.6. The lowest BCUT2D eigenvalue weighted by atomic mass is 9.91. The summed E-state index contributed by atoms with van der Waals surface area (Å²) in [6.07, 6.45) is 4.93. The standard InChI is InChI=1S/C14H22N2O3/c1-2-12-11(4-3-7-19-12)14(18)15-8-13(17)16(9-15)10-5-6-10/h10-12H,2-9H2,1H3. The van der Waals surface area contributed by atoms with Crippen LogP contribution in [0.2, 0.25) is 0 Å². The molecule has 0 radical (unpaired) electrons. The quantitative estimate of drug-likeness (QED) is 0.765. The van der Waals surface area contributed by atoms with Crippen molar-refractivity contribution in [1.29, 1.82) is 0 Å². The number of hydrogen-bond acceptors (Lipinski definition) is 3. The van der Waals surface area contributed by atoms with Crippen LogP contribution in [0.25, 0.3) is 0 Å². The zero-order valence-electron chi connectivity index (χ0n) is 11.5. The van der Waals surface area contributed by atoms with Crippen LogP contribution in [0.5, 0.6) is 0 Å². The highest BCUT2D eigenvalue weighted by Crippen LogP contribution is 2.31. The normalized spacial score (nSPS) is 31.9. The molecule has 0 bridgehead atoms. The summed E-state index contributed by atoms with van der Waals surface area (Å²) in [5, 5.41) is 0. The lowest BCUT2D eigenvalue weighted by molar-refractivity contribution is -0.145. The van der Waals surface area contributed by atoms with E-state index in [0.29, 0.717) is 12.7 Å². The van der Waals surface area contributed by atoms with Crippen molar-refractivity contribution in [2.75, 3.05) is 19.8 Å². The van der Waals surface area contributed by atoms with Crippen LogP contribution in [0.15, 0.2) is 0 Å². The molecule has 5 nitrogen and oxygen atoms in total.